The number of benzene rings is 2. The largest absolute Gasteiger partial charge is 0.492 e. The van der Waals surface area contributed by atoms with Crippen LogP contribution in [0, 0.1) is 5.92 Å². The van der Waals surface area contributed by atoms with Crippen molar-refractivity contribution in [1.29, 1.82) is 0 Å². The normalized spacial score (nSPS) is 19.5. The Balaban J connectivity index is 1.36. The first kappa shape index (κ1) is 19.2. The Labute approximate surface area is 170 Å². The molecule has 0 spiro atoms. The summed E-state index contributed by atoms with van der Waals surface area (Å²) in [4.78, 5) is 15.1. The summed E-state index contributed by atoms with van der Waals surface area (Å²) in [5, 5.41) is 3.76. The smallest absolute Gasteiger partial charge is 0.227 e. The number of nitrogens with one attached hydrogen (secondary N) is 1. The van der Waals surface area contributed by atoms with Crippen molar-refractivity contribution in [1.82, 2.24) is 10.2 Å². The standard InChI is InChI=1S/C22H25ClN2O3/c23-20-5-6-21-18(12-20)11-19(15-28-21)22(26)24-13-16-3-1-2-4-17(16)14-25-7-9-27-10-8-25/h1-6,12,19H,7-11,13-15H2,(H,24,26)/t19-/m1/s1. The van der Waals surface area contributed by atoms with Gasteiger partial charge in [0, 0.05) is 31.2 Å². The van der Waals surface area contributed by atoms with Crippen molar-refractivity contribution in [3.63, 3.8) is 0 Å². The van der Waals surface area contributed by atoms with Crippen molar-refractivity contribution in [2.24, 2.45) is 5.92 Å². The summed E-state index contributed by atoms with van der Waals surface area (Å²) in [6.07, 6.45) is 0.650. The molecular weight excluding hydrogens is 376 g/mol. The minimum atomic E-state index is -0.197. The third-order valence-electron chi connectivity index (χ3n) is 5.37. The van der Waals surface area contributed by atoms with Gasteiger partial charge in [0.1, 0.15) is 12.4 Å². The number of carbonyl (C=O) groups is 1. The van der Waals surface area contributed by atoms with Crippen LogP contribution in [0.1, 0.15) is 16.7 Å². The molecule has 1 atom stereocenters. The van der Waals surface area contributed by atoms with Crippen LogP contribution >= 0.6 is 11.6 Å². The van der Waals surface area contributed by atoms with Crippen molar-refractivity contribution in [2.75, 3.05) is 32.9 Å². The quantitative estimate of drug-likeness (QED) is 0.838. The average molecular weight is 401 g/mol. The first-order valence-corrected chi connectivity index (χ1v) is 10.1. The zero-order valence-corrected chi connectivity index (χ0v) is 16.6. The number of fused-ring (bicyclic) bond motifs is 1. The Morgan fingerprint density at radius 1 is 1.14 bits per heavy atom. The highest BCUT2D eigenvalue weighted by atomic mass is 35.5. The molecule has 0 radical (unpaired) electrons. The molecule has 2 aliphatic heterocycles. The number of ether oxygens (including phenoxy) is 2. The van der Waals surface area contributed by atoms with Gasteiger partial charge in [0.2, 0.25) is 5.91 Å². The Morgan fingerprint density at radius 2 is 1.93 bits per heavy atom. The van der Waals surface area contributed by atoms with Crippen LogP contribution in [0.3, 0.4) is 0 Å². The molecule has 5 nitrogen and oxygen atoms in total. The molecule has 0 bridgehead atoms. The number of nitrogens with zero attached hydrogens (tertiary/aromatic N) is 1. The number of amides is 1. The number of rotatable bonds is 5. The molecule has 0 saturated carbocycles. The third-order valence-corrected chi connectivity index (χ3v) is 5.60. The molecule has 1 amide bonds. The van der Waals surface area contributed by atoms with Gasteiger partial charge in [-0.3, -0.25) is 9.69 Å². The van der Waals surface area contributed by atoms with Crippen LogP contribution in [-0.4, -0.2) is 43.7 Å². The zero-order chi connectivity index (χ0) is 19.3. The first-order valence-electron chi connectivity index (χ1n) is 9.75. The fourth-order valence-corrected chi connectivity index (χ4v) is 3.94. The summed E-state index contributed by atoms with van der Waals surface area (Å²) in [5.74, 6) is 0.647. The maximum Gasteiger partial charge on any atom is 0.227 e. The average Bonchev–Trinajstić information content (AvgIpc) is 2.73. The molecule has 1 saturated heterocycles. The van der Waals surface area contributed by atoms with E-state index in [2.05, 4.69) is 28.4 Å². The molecule has 0 aromatic heterocycles. The van der Waals surface area contributed by atoms with Crippen LogP contribution in [0.5, 0.6) is 5.75 Å². The van der Waals surface area contributed by atoms with Gasteiger partial charge in [-0.25, -0.2) is 0 Å². The number of hydrogen-bond donors (Lipinski definition) is 1. The highest BCUT2D eigenvalue weighted by Gasteiger charge is 2.26. The van der Waals surface area contributed by atoms with Gasteiger partial charge in [-0.15, -0.1) is 0 Å². The van der Waals surface area contributed by atoms with Crippen molar-refractivity contribution in [3.8, 4) is 5.75 Å². The van der Waals surface area contributed by atoms with E-state index in [0.717, 1.165) is 49.7 Å². The molecule has 1 N–H and O–H groups in total. The Bertz CT molecular complexity index is 836. The van der Waals surface area contributed by atoms with E-state index in [1.807, 2.05) is 24.3 Å². The Kier molecular flexibility index (Phi) is 6.15. The van der Waals surface area contributed by atoms with Gasteiger partial charge in [0.05, 0.1) is 19.1 Å². The molecule has 2 aromatic rings. The topological polar surface area (TPSA) is 50.8 Å². The van der Waals surface area contributed by atoms with E-state index in [1.54, 1.807) is 0 Å². The van der Waals surface area contributed by atoms with Crippen LogP contribution < -0.4 is 10.1 Å². The van der Waals surface area contributed by atoms with E-state index in [-0.39, 0.29) is 11.8 Å². The van der Waals surface area contributed by atoms with E-state index in [9.17, 15) is 4.79 Å². The van der Waals surface area contributed by atoms with E-state index < -0.39 is 0 Å². The van der Waals surface area contributed by atoms with Crippen LogP contribution in [0.4, 0.5) is 0 Å². The van der Waals surface area contributed by atoms with Gasteiger partial charge in [0.15, 0.2) is 0 Å². The molecule has 148 valence electrons. The molecule has 0 unspecified atom stereocenters. The third kappa shape index (κ3) is 4.66. The molecular formula is C22H25ClN2O3. The number of halogens is 1. The van der Waals surface area contributed by atoms with Crippen LogP contribution in [0.2, 0.25) is 5.02 Å². The summed E-state index contributed by atoms with van der Waals surface area (Å²) in [7, 11) is 0. The van der Waals surface area contributed by atoms with Crippen molar-refractivity contribution in [3.05, 3.63) is 64.2 Å². The second-order valence-corrected chi connectivity index (χ2v) is 7.78. The molecule has 6 heteroatoms. The van der Waals surface area contributed by atoms with Gasteiger partial charge < -0.3 is 14.8 Å². The molecule has 4 rings (SSSR count). The fourth-order valence-electron chi connectivity index (χ4n) is 3.74. The monoisotopic (exact) mass is 400 g/mol. The number of carbonyl (C=O) groups excluding carboxylic acids is 1. The lowest BCUT2D eigenvalue weighted by Crippen LogP contribution is -2.38. The van der Waals surface area contributed by atoms with Crippen molar-refractivity contribution >= 4 is 17.5 Å². The van der Waals surface area contributed by atoms with E-state index in [4.69, 9.17) is 21.1 Å². The molecule has 2 aromatic carbocycles. The summed E-state index contributed by atoms with van der Waals surface area (Å²) in [6, 6.07) is 13.9. The minimum absolute atomic E-state index is 0.0202. The molecule has 28 heavy (non-hydrogen) atoms. The lowest BCUT2D eigenvalue weighted by Gasteiger charge is -2.27. The Morgan fingerprint density at radius 3 is 2.75 bits per heavy atom. The fraction of sp³-hybridized carbons (Fsp3) is 0.409. The van der Waals surface area contributed by atoms with Crippen LogP contribution in [0.25, 0.3) is 0 Å². The van der Waals surface area contributed by atoms with Crippen molar-refractivity contribution < 1.29 is 14.3 Å². The van der Waals surface area contributed by atoms with Crippen LogP contribution in [-0.2, 0) is 29.0 Å². The molecule has 0 aliphatic carbocycles. The Hall–Kier alpha value is -2.08. The highest BCUT2D eigenvalue weighted by Crippen LogP contribution is 2.29. The maximum atomic E-state index is 12.7. The van der Waals surface area contributed by atoms with E-state index >= 15 is 0 Å². The number of morpholine rings is 1. The number of hydrogen-bond acceptors (Lipinski definition) is 4. The molecule has 1 fully saturated rings. The summed E-state index contributed by atoms with van der Waals surface area (Å²) < 4.78 is 11.2. The van der Waals surface area contributed by atoms with Gasteiger partial charge in [-0.2, -0.15) is 0 Å². The predicted molar refractivity (Wildman–Crippen MR) is 109 cm³/mol. The highest BCUT2D eigenvalue weighted by molar-refractivity contribution is 6.30. The van der Waals surface area contributed by atoms with Gasteiger partial charge in [-0.05, 0) is 41.3 Å². The summed E-state index contributed by atoms with van der Waals surface area (Å²) >= 11 is 6.07. The van der Waals surface area contributed by atoms with Gasteiger partial charge in [-0.1, -0.05) is 35.9 Å². The van der Waals surface area contributed by atoms with Crippen molar-refractivity contribution in [2.45, 2.75) is 19.5 Å². The zero-order valence-electron chi connectivity index (χ0n) is 15.8. The second kappa shape index (κ2) is 8.95. The molecule has 2 heterocycles. The SMILES string of the molecule is O=C(NCc1ccccc1CN1CCOCC1)[C@H]1COc2ccc(Cl)cc2C1. The second-order valence-electron chi connectivity index (χ2n) is 7.34. The van der Waals surface area contributed by atoms with Gasteiger partial charge >= 0.3 is 0 Å². The van der Waals surface area contributed by atoms with Crippen LogP contribution in [0.15, 0.2) is 42.5 Å². The lowest BCUT2D eigenvalue weighted by molar-refractivity contribution is -0.126. The molecule has 2 aliphatic rings. The predicted octanol–water partition coefficient (Wildman–Crippen LogP) is 3.04. The summed E-state index contributed by atoms with van der Waals surface area (Å²) in [5.41, 5.74) is 3.40. The first-order chi connectivity index (χ1) is 13.7. The maximum absolute atomic E-state index is 12.7. The minimum Gasteiger partial charge on any atom is -0.492 e. The lowest BCUT2D eigenvalue weighted by atomic mass is 9.96. The van der Waals surface area contributed by atoms with E-state index in [1.165, 1.54) is 5.56 Å². The summed E-state index contributed by atoms with van der Waals surface area (Å²) in [6.45, 7) is 5.27. The van der Waals surface area contributed by atoms with E-state index in [0.29, 0.717) is 24.6 Å². The van der Waals surface area contributed by atoms with Gasteiger partial charge in [0.25, 0.3) is 0 Å².